The van der Waals surface area contributed by atoms with Gasteiger partial charge in [-0.25, -0.2) is 0 Å². The molecule has 0 atom stereocenters. The molecule has 5 nitrogen and oxygen atoms in total. The van der Waals surface area contributed by atoms with E-state index in [4.69, 9.17) is 0 Å². The molecule has 1 amide bonds. The molecule has 2 aliphatic rings. The Bertz CT molecular complexity index is 691. The van der Waals surface area contributed by atoms with Gasteiger partial charge in [0.15, 0.2) is 5.69 Å². The van der Waals surface area contributed by atoms with E-state index < -0.39 is 0 Å². The molecule has 2 N–H and O–H groups in total. The highest BCUT2D eigenvalue weighted by atomic mass is 16.2. The molecule has 0 radical (unpaired) electrons. The summed E-state index contributed by atoms with van der Waals surface area (Å²) in [6.07, 6.45) is 1.84. The van der Waals surface area contributed by atoms with Gasteiger partial charge in [-0.3, -0.25) is 9.89 Å². The fourth-order valence-electron chi connectivity index (χ4n) is 3.22. The second-order valence-corrected chi connectivity index (χ2v) is 5.70. The molecule has 2 aliphatic heterocycles. The fourth-order valence-corrected chi connectivity index (χ4v) is 3.22. The highest BCUT2D eigenvalue weighted by Gasteiger charge is 2.27. The molecule has 0 saturated heterocycles. The van der Waals surface area contributed by atoms with Crippen LogP contribution in [0.5, 0.6) is 0 Å². The molecule has 1 aromatic heterocycles. The molecule has 1 aromatic carbocycles. The van der Waals surface area contributed by atoms with E-state index in [9.17, 15) is 4.79 Å². The number of aromatic nitrogens is 2. The summed E-state index contributed by atoms with van der Waals surface area (Å²) >= 11 is 0. The summed E-state index contributed by atoms with van der Waals surface area (Å²) in [5, 5.41) is 10.6. The van der Waals surface area contributed by atoms with Gasteiger partial charge < -0.3 is 10.2 Å². The highest BCUT2D eigenvalue weighted by Crippen LogP contribution is 2.22. The minimum absolute atomic E-state index is 0.0469. The first-order chi connectivity index (χ1) is 10.3. The molecule has 0 fully saturated rings. The van der Waals surface area contributed by atoms with E-state index in [2.05, 4.69) is 33.7 Å². The predicted octanol–water partition coefficient (Wildman–Crippen LogP) is 1.25. The Labute approximate surface area is 123 Å². The van der Waals surface area contributed by atoms with E-state index in [0.29, 0.717) is 12.2 Å². The lowest BCUT2D eigenvalue weighted by Crippen LogP contribution is -2.37. The first-order valence-electron chi connectivity index (χ1n) is 7.46. The van der Waals surface area contributed by atoms with Gasteiger partial charge in [0.05, 0.1) is 0 Å². The Kier molecular flexibility index (Phi) is 3.00. The Hall–Kier alpha value is -2.14. The molecule has 0 spiro atoms. The topological polar surface area (TPSA) is 61.0 Å². The number of nitrogens with zero attached hydrogens (tertiary/aromatic N) is 2. The molecular formula is C16H18N4O. The summed E-state index contributed by atoms with van der Waals surface area (Å²) in [4.78, 5) is 14.7. The normalized spacial score (nSPS) is 17.2. The second kappa shape index (κ2) is 5.00. The third-order valence-electron chi connectivity index (χ3n) is 4.43. The smallest absolute Gasteiger partial charge is 0.275 e. The van der Waals surface area contributed by atoms with E-state index in [0.717, 1.165) is 43.7 Å². The number of benzene rings is 1. The Morgan fingerprint density at radius 2 is 2.05 bits per heavy atom. The molecule has 5 heteroatoms. The molecule has 21 heavy (non-hydrogen) atoms. The van der Waals surface area contributed by atoms with Crippen LogP contribution in [-0.2, 0) is 25.9 Å². The lowest BCUT2D eigenvalue weighted by atomic mass is 9.99. The van der Waals surface area contributed by atoms with E-state index in [1.54, 1.807) is 0 Å². The van der Waals surface area contributed by atoms with Crippen LogP contribution in [0.3, 0.4) is 0 Å². The SMILES string of the molecule is O=C(c1n[nH]c2c1CNCC2)N1CCc2ccccc2C1. The Morgan fingerprint density at radius 3 is 2.95 bits per heavy atom. The van der Waals surface area contributed by atoms with Crippen molar-refractivity contribution in [3.05, 3.63) is 52.3 Å². The zero-order valence-corrected chi connectivity index (χ0v) is 11.9. The first kappa shape index (κ1) is 12.6. The van der Waals surface area contributed by atoms with Gasteiger partial charge in [0, 0.05) is 43.9 Å². The summed E-state index contributed by atoms with van der Waals surface area (Å²) in [5.74, 6) is 0.0469. The summed E-state index contributed by atoms with van der Waals surface area (Å²) in [6, 6.07) is 8.35. The van der Waals surface area contributed by atoms with Crippen LogP contribution in [0.2, 0.25) is 0 Å². The van der Waals surface area contributed by atoms with Gasteiger partial charge in [0.2, 0.25) is 0 Å². The number of nitrogens with one attached hydrogen (secondary N) is 2. The minimum Gasteiger partial charge on any atom is -0.333 e. The van der Waals surface area contributed by atoms with E-state index >= 15 is 0 Å². The summed E-state index contributed by atoms with van der Waals surface area (Å²) in [5.41, 5.74) is 5.35. The third kappa shape index (κ3) is 2.14. The Morgan fingerprint density at radius 1 is 1.19 bits per heavy atom. The maximum absolute atomic E-state index is 12.8. The van der Waals surface area contributed by atoms with Crippen LogP contribution < -0.4 is 5.32 Å². The fraction of sp³-hybridized carbons (Fsp3) is 0.375. The Balaban J connectivity index is 1.60. The molecule has 108 valence electrons. The molecule has 3 heterocycles. The van der Waals surface area contributed by atoms with Crippen molar-refractivity contribution in [3.63, 3.8) is 0 Å². The van der Waals surface area contributed by atoms with E-state index in [1.807, 2.05) is 11.0 Å². The quantitative estimate of drug-likeness (QED) is 0.827. The van der Waals surface area contributed by atoms with Crippen LogP contribution >= 0.6 is 0 Å². The van der Waals surface area contributed by atoms with Gasteiger partial charge in [-0.05, 0) is 17.5 Å². The number of hydrogen-bond acceptors (Lipinski definition) is 3. The predicted molar refractivity (Wildman–Crippen MR) is 78.9 cm³/mol. The zero-order chi connectivity index (χ0) is 14.2. The monoisotopic (exact) mass is 282 g/mol. The maximum Gasteiger partial charge on any atom is 0.275 e. The minimum atomic E-state index is 0.0469. The number of H-pyrrole nitrogens is 1. The van der Waals surface area contributed by atoms with Gasteiger partial charge in [-0.15, -0.1) is 0 Å². The van der Waals surface area contributed by atoms with Crippen molar-refractivity contribution in [1.82, 2.24) is 20.4 Å². The number of hydrogen-bond donors (Lipinski definition) is 2. The summed E-state index contributed by atoms with van der Waals surface area (Å²) < 4.78 is 0. The molecule has 2 aromatic rings. The summed E-state index contributed by atoms with van der Waals surface area (Å²) in [6.45, 7) is 3.13. The third-order valence-corrected chi connectivity index (χ3v) is 4.43. The van der Waals surface area contributed by atoms with Crippen molar-refractivity contribution in [3.8, 4) is 0 Å². The maximum atomic E-state index is 12.8. The number of carbonyl (C=O) groups excluding carboxylic acids is 1. The van der Waals surface area contributed by atoms with Crippen molar-refractivity contribution < 1.29 is 4.79 Å². The number of carbonyl (C=O) groups is 1. The molecule has 0 unspecified atom stereocenters. The van der Waals surface area contributed by atoms with Gasteiger partial charge in [-0.2, -0.15) is 5.10 Å². The number of fused-ring (bicyclic) bond motifs is 2. The number of rotatable bonds is 1. The second-order valence-electron chi connectivity index (χ2n) is 5.70. The van der Waals surface area contributed by atoms with Gasteiger partial charge in [0.25, 0.3) is 5.91 Å². The van der Waals surface area contributed by atoms with Gasteiger partial charge in [0.1, 0.15) is 0 Å². The van der Waals surface area contributed by atoms with Gasteiger partial charge in [-0.1, -0.05) is 24.3 Å². The standard InChI is InChI=1S/C16H18N4O/c21-16(15-13-9-17-7-5-14(13)18-19-15)20-8-6-11-3-1-2-4-12(11)10-20/h1-4,17H,5-10H2,(H,18,19). The largest absolute Gasteiger partial charge is 0.333 e. The van der Waals surface area contributed by atoms with Crippen LogP contribution in [0.1, 0.15) is 32.9 Å². The van der Waals surface area contributed by atoms with E-state index in [-0.39, 0.29) is 5.91 Å². The number of amides is 1. The van der Waals surface area contributed by atoms with Gasteiger partial charge >= 0.3 is 0 Å². The van der Waals surface area contributed by atoms with Crippen molar-refractivity contribution in [1.29, 1.82) is 0 Å². The average molecular weight is 282 g/mol. The summed E-state index contributed by atoms with van der Waals surface area (Å²) in [7, 11) is 0. The lowest BCUT2D eigenvalue weighted by Gasteiger charge is -2.28. The molecule has 0 aliphatic carbocycles. The van der Waals surface area contributed by atoms with Crippen molar-refractivity contribution in [2.24, 2.45) is 0 Å². The highest BCUT2D eigenvalue weighted by molar-refractivity contribution is 5.94. The van der Waals surface area contributed by atoms with Crippen molar-refractivity contribution in [2.75, 3.05) is 13.1 Å². The van der Waals surface area contributed by atoms with Crippen LogP contribution in [0.4, 0.5) is 0 Å². The van der Waals surface area contributed by atoms with Crippen molar-refractivity contribution in [2.45, 2.75) is 25.9 Å². The van der Waals surface area contributed by atoms with Crippen LogP contribution in [0.25, 0.3) is 0 Å². The average Bonchev–Trinajstić information content (AvgIpc) is 2.98. The first-order valence-corrected chi connectivity index (χ1v) is 7.46. The van der Waals surface area contributed by atoms with Crippen LogP contribution in [0, 0.1) is 0 Å². The molecule has 0 bridgehead atoms. The lowest BCUT2D eigenvalue weighted by molar-refractivity contribution is 0.0727. The molecular weight excluding hydrogens is 264 g/mol. The zero-order valence-electron chi connectivity index (χ0n) is 11.9. The van der Waals surface area contributed by atoms with Crippen molar-refractivity contribution >= 4 is 5.91 Å². The number of aromatic amines is 1. The molecule has 0 saturated carbocycles. The van der Waals surface area contributed by atoms with Crippen LogP contribution in [-0.4, -0.2) is 34.1 Å². The molecule has 4 rings (SSSR count). The van der Waals surface area contributed by atoms with E-state index in [1.165, 1.54) is 11.1 Å². The van der Waals surface area contributed by atoms with Crippen LogP contribution in [0.15, 0.2) is 24.3 Å².